The Bertz CT molecular complexity index is 1360. The molecule has 3 aromatic heterocycles. The molecule has 1 aliphatic rings. The summed E-state index contributed by atoms with van der Waals surface area (Å²) in [5.41, 5.74) is 4.61. The molecule has 33 heavy (non-hydrogen) atoms. The van der Waals surface area contributed by atoms with Gasteiger partial charge in [-0.2, -0.15) is 9.61 Å². The lowest BCUT2D eigenvalue weighted by Crippen LogP contribution is -2.28. The van der Waals surface area contributed by atoms with Crippen molar-refractivity contribution in [2.75, 3.05) is 30.8 Å². The number of nitrogen functional groups attached to an aromatic ring is 1. The van der Waals surface area contributed by atoms with Crippen LogP contribution in [-0.4, -0.2) is 60.3 Å². The van der Waals surface area contributed by atoms with Crippen LogP contribution < -0.4 is 15.4 Å². The summed E-state index contributed by atoms with van der Waals surface area (Å²) >= 11 is 0. The summed E-state index contributed by atoms with van der Waals surface area (Å²) in [4.78, 5) is 10.5. The predicted octanol–water partition coefficient (Wildman–Crippen LogP) is 2.05. The van der Waals surface area contributed by atoms with E-state index in [2.05, 4.69) is 20.2 Å². The van der Waals surface area contributed by atoms with Crippen LogP contribution in [0.1, 0.15) is 26.1 Å². The fourth-order valence-electron chi connectivity index (χ4n) is 4.15. The number of fused-ring (bicyclic) bond motifs is 3. The minimum absolute atomic E-state index is 0.0104. The van der Waals surface area contributed by atoms with Gasteiger partial charge in [-0.05, 0) is 19.9 Å². The Kier molecular flexibility index (Phi) is 4.67. The Hall–Kier alpha value is -3.54. The number of anilines is 2. The lowest BCUT2D eigenvalue weighted by molar-refractivity contribution is 0.0577. The van der Waals surface area contributed by atoms with E-state index in [1.165, 1.54) is 23.8 Å². The van der Waals surface area contributed by atoms with Gasteiger partial charge in [0.15, 0.2) is 28.7 Å². The Morgan fingerprint density at radius 1 is 1.30 bits per heavy atom. The van der Waals surface area contributed by atoms with Gasteiger partial charge in [-0.15, -0.1) is 5.10 Å². The molecule has 0 aliphatic carbocycles. The maximum Gasteiger partial charge on any atom is 0.223 e. The molecule has 3 N–H and O–H groups in total. The number of benzene rings is 1. The SMILES string of the molecule is COc1cc2nc(N)n3nc(C4(F)CCN(c5cnn(CC(C)(C)O)c5)C4)nc3c2cc1F. The first-order chi connectivity index (χ1) is 15.6. The number of methoxy groups -OCH3 is 1. The molecule has 174 valence electrons. The normalized spacial score (nSPS) is 19.2. The van der Waals surface area contributed by atoms with E-state index in [0.29, 0.717) is 24.0 Å². The summed E-state index contributed by atoms with van der Waals surface area (Å²) in [6.45, 7) is 4.15. The number of nitrogens with zero attached hydrogens (tertiary/aromatic N) is 7. The van der Waals surface area contributed by atoms with E-state index in [1.54, 1.807) is 30.9 Å². The Morgan fingerprint density at radius 2 is 2.09 bits per heavy atom. The minimum atomic E-state index is -1.84. The van der Waals surface area contributed by atoms with Crippen LogP contribution in [0.4, 0.5) is 20.4 Å². The summed E-state index contributed by atoms with van der Waals surface area (Å²) in [6.07, 6.45) is 3.57. The fraction of sp³-hybridized carbons (Fsp3) is 0.429. The van der Waals surface area contributed by atoms with Crippen LogP contribution in [0.25, 0.3) is 16.6 Å². The van der Waals surface area contributed by atoms with Crippen LogP contribution in [0.5, 0.6) is 5.75 Å². The van der Waals surface area contributed by atoms with Crippen LogP contribution in [0.2, 0.25) is 0 Å². The zero-order valence-corrected chi connectivity index (χ0v) is 18.5. The number of rotatable bonds is 5. The molecule has 0 bridgehead atoms. The molecule has 0 spiro atoms. The van der Waals surface area contributed by atoms with Crippen molar-refractivity contribution >= 4 is 28.2 Å². The number of aromatic nitrogens is 6. The van der Waals surface area contributed by atoms with Gasteiger partial charge in [0.25, 0.3) is 0 Å². The second kappa shape index (κ2) is 7.24. The third kappa shape index (κ3) is 3.69. The van der Waals surface area contributed by atoms with Gasteiger partial charge in [0.1, 0.15) is 0 Å². The van der Waals surface area contributed by atoms with Gasteiger partial charge >= 0.3 is 0 Å². The van der Waals surface area contributed by atoms with E-state index in [9.17, 15) is 9.50 Å². The molecule has 1 aliphatic heterocycles. The zero-order valence-electron chi connectivity index (χ0n) is 18.5. The van der Waals surface area contributed by atoms with Crippen molar-refractivity contribution < 1.29 is 18.6 Å². The lowest BCUT2D eigenvalue weighted by Gasteiger charge is -2.19. The molecule has 5 rings (SSSR count). The third-order valence-corrected chi connectivity index (χ3v) is 5.72. The van der Waals surface area contributed by atoms with E-state index >= 15 is 4.39 Å². The number of nitrogens with two attached hydrogens (primary N) is 1. The first-order valence-corrected chi connectivity index (χ1v) is 10.4. The van der Waals surface area contributed by atoms with E-state index in [0.717, 1.165) is 5.69 Å². The summed E-state index contributed by atoms with van der Waals surface area (Å²) in [6, 6.07) is 2.65. The van der Waals surface area contributed by atoms with Crippen molar-refractivity contribution in [3.05, 3.63) is 36.2 Å². The number of alkyl halides is 1. The van der Waals surface area contributed by atoms with Crippen molar-refractivity contribution in [2.45, 2.75) is 38.1 Å². The second-order valence-corrected chi connectivity index (χ2v) is 8.99. The monoisotopic (exact) mass is 458 g/mol. The average molecular weight is 458 g/mol. The molecule has 12 heteroatoms. The maximum atomic E-state index is 16.0. The topological polar surface area (TPSA) is 120 Å². The van der Waals surface area contributed by atoms with Crippen LogP contribution >= 0.6 is 0 Å². The zero-order chi connectivity index (χ0) is 23.5. The molecule has 4 aromatic rings. The van der Waals surface area contributed by atoms with Gasteiger partial charge in [0.2, 0.25) is 5.95 Å². The smallest absolute Gasteiger partial charge is 0.223 e. The van der Waals surface area contributed by atoms with Crippen LogP contribution in [0.15, 0.2) is 24.5 Å². The molecule has 0 amide bonds. The van der Waals surface area contributed by atoms with E-state index in [4.69, 9.17) is 10.5 Å². The quantitative estimate of drug-likeness (QED) is 0.466. The van der Waals surface area contributed by atoms with Gasteiger partial charge in [0, 0.05) is 30.6 Å². The number of ether oxygens (including phenoxy) is 1. The molecule has 1 fully saturated rings. The van der Waals surface area contributed by atoms with Crippen LogP contribution in [0.3, 0.4) is 0 Å². The molecule has 1 aromatic carbocycles. The van der Waals surface area contributed by atoms with Crippen molar-refractivity contribution in [3.63, 3.8) is 0 Å². The van der Waals surface area contributed by atoms with E-state index in [1.807, 2.05) is 4.90 Å². The highest BCUT2D eigenvalue weighted by Crippen LogP contribution is 2.37. The first kappa shape index (κ1) is 21.3. The van der Waals surface area contributed by atoms with Crippen LogP contribution in [-0.2, 0) is 12.2 Å². The molecule has 4 heterocycles. The second-order valence-electron chi connectivity index (χ2n) is 8.99. The highest BCUT2D eigenvalue weighted by atomic mass is 19.1. The van der Waals surface area contributed by atoms with Crippen molar-refractivity contribution in [1.29, 1.82) is 0 Å². The van der Waals surface area contributed by atoms with Gasteiger partial charge in [-0.3, -0.25) is 4.68 Å². The standard InChI is InChI=1S/C21H24F2N8O2/c1-20(2,32)10-30-9-12(8-25-30)29-5-4-21(23,11-29)18-27-17-13-6-14(22)16(33-3)7-15(13)26-19(24)31(17)28-18/h6-9,32H,4-5,10-11H2,1-3H3,(H2,24,26). The van der Waals surface area contributed by atoms with Crippen LogP contribution in [0, 0.1) is 5.82 Å². The Labute approximate surface area is 187 Å². The highest BCUT2D eigenvalue weighted by Gasteiger charge is 2.44. The van der Waals surface area contributed by atoms with E-state index < -0.39 is 17.1 Å². The highest BCUT2D eigenvalue weighted by molar-refractivity contribution is 5.93. The summed E-state index contributed by atoms with van der Waals surface area (Å²) in [5.74, 6) is -0.590. The largest absolute Gasteiger partial charge is 0.494 e. The third-order valence-electron chi connectivity index (χ3n) is 5.72. The fourth-order valence-corrected chi connectivity index (χ4v) is 4.15. The molecule has 1 unspecified atom stereocenters. The van der Waals surface area contributed by atoms with Gasteiger partial charge in [-0.1, -0.05) is 0 Å². The first-order valence-electron chi connectivity index (χ1n) is 10.4. The Morgan fingerprint density at radius 3 is 2.82 bits per heavy atom. The van der Waals surface area contributed by atoms with Gasteiger partial charge in [0.05, 0.1) is 43.2 Å². The maximum absolute atomic E-state index is 16.0. The Balaban J connectivity index is 1.48. The molecule has 1 saturated heterocycles. The summed E-state index contributed by atoms with van der Waals surface area (Å²) in [7, 11) is 1.36. The molecule has 10 nitrogen and oxygen atoms in total. The van der Waals surface area contributed by atoms with Crippen molar-refractivity contribution in [3.8, 4) is 5.75 Å². The minimum Gasteiger partial charge on any atom is -0.494 e. The van der Waals surface area contributed by atoms with Gasteiger partial charge in [-0.25, -0.2) is 18.7 Å². The van der Waals surface area contributed by atoms with E-state index in [-0.39, 0.29) is 36.1 Å². The molecular weight excluding hydrogens is 434 g/mol. The lowest BCUT2D eigenvalue weighted by atomic mass is 10.1. The van der Waals surface area contributed by atoms with Gasteiger partial charge < -0.3 is 20.5 Å². The summed E-state index contributed by atoms with van der Waals surface area (Å²) < 4.78 is 38.2. The number of hydrogen-bond acceptors (Lipinski definition) is 8. The number of hydrogen-bond donors (Lipinski definition) is 2. The predicted molar refractivity (Wildman–Crippen MR) is 117 cm³/mol. The van der Waals surface area contributed by atoms with Crippen molar-refractivity contribution in [2.24, 2.45) is 0 Å². The molecular formula is C21H24F2N8O2. The average Bonchev–Trinajstić information content (AvgIpc) is 3.46. The molecule has 0 radical (unpaired) electrons. The number of halogens is 2. The summed E-state index contributed by atoms with van der Waals surface area (Å²) in [5, 5.41) is 18.9. The molecule has 0 saturated carbocycles. The van der Waals surface area contributed by atoms with Crippen molar-refractivity contribution in [1.82, 2.24) is 29.4 Å². The molecule has 1 atom stereocenters. The number of aliphatic hydroxyl groups is 1.